The molecule has 34 heavy (non-hydrogen) atoms. The highest BCUT2D eigenvalue weighted by Gasteiger charge is 2.29. The minimum atomic E-state index is -1.59. The van der Waals surface area contributed by atoms with E-state index in [-0.39, 0.29) is 0 Å². The Morgan fingerprint density at radius 3 is 2.32 bits per heavy atom. The smallest absolute Gasteiger partial charge is 0.194 e. The summed E-state index contributed by atoms with van der Waals surface area (Å²) in [5.41, 5.74) is 8.32. The largest absolute Gasteiger partial charge is 0.214 e. The van der Waals surface area contributed by atoms with Crippen molar-refractivity contribution in [3.63, 3.8) is 0 Å². The SMILES string of the molecule is Cc1cc2c(sc3ccccc32)c(-c2cc([Si](C)(C)C)c3cc(CC(C)C)ccc3[n+]2C)c1C. The molecule has 0 aliphatic rings. The molecule has 0 N–H and O–H groups in total. The van der Waals surface area contributed by atoms with Crippen LogP contribution in [0.1, 0.15) is 30.5 Å². The number of benzene rings is 3. The van der Waals surface area contributed by atoms with E-state index >= 15 is 0 Å². The Bertz CT molecular complexity index is 1570. The fraction of sp³-hybridized carbons (Fsp3) is 0.323. The summed E-state index contributed by atoms with van der Waals surface area (Å²) in [5, 5.41) is 5.78. The Morgan fingerprint density at radius 2 is 1.62 bits per heavy atom. The second kappa shape index (κ2) is 8.32. The summed E-state index contributed by atoms with van der Waals surface area (Å²) < 4.78 is 5.23. The van der Waals surface area contributed by atoms with Crippen LogP contribution in [0.2, 0.25) is 19.6 Å². The lowest BCUT2D eigenvalue weighted by Crippen LogP contribution is -2.43. The van der Waals surface area contributed by atoms with E-state index in [1.165, 1.54) is 59.0 Å². The standard InChI is InChI=1S/C31H36NSSi/c1-19(2)15-22-13-14-26-25(17-22)29(34(6,7)8)18-27(32(26)5)30-21(4)20(3)16-24-23-11-9-10-12-28(23)33-31(24)30/h9-14,16-19H,15H2,1-8H3/q+1. The summed E-state index contributed by atoms with van der Waals surface area (Å²) in [5.74, 6) is 0.664. The molecule has 0 aliphatic heterocycles. The third-order valence-electron chi connectivity index (χ3n) is 7.25. The number of pyridine rings is 1. The van der Waals surface area contributed by atoms with Gasteiger partial charge in [0.1, 0.15) is 7.05 Å². The summed E-state index contributed by atoms with van der Waals surface area (Å²) >= 11 is 1.94. The summed E-state index contributed by atoms with van der Waals surface area (Å²) in [6.07, 6.45) is 1.13. The van der Waals surface area contributed by atoms with Crippen LogP contribution >= 0.6 is 11.3 Å². The Morgan fingerprint density at radius 1 is 0.882 bits per heavy atom. The van der Waals surface area contributed by atoms with E-state index < -0.39 is 8.07 Å². The predicted molar refractivity (Wildman–Crippen MR) is 154 cm³/mol. The van der Waals surface area contributed by atoms with Gasteiger partial charge in [-0.05, 0) is 66.3 Å². The zero-order valence-electron chi connectivity index (χ0n) is 21.8. The van der Waals surface area contributed by atoms with Gasteiger partial charge < -0.3 is 0 Å². The van der Waals surface area contributed by atoms with Crippen LogP contribution in [0.4, 0.5) is 0 Å². The molecule has 1 nitrogen and oxygen atoms in total. The van der Waals surface area contributed by atoms with Crippen molar-refractivity contribution in [1.29, 1.82) is 0 Å². The number of rotatable bonds is 4. The van der Waals surface area contributed by atoms with Gasteiger partial charge in [0.25, 0.3) is 0 Å². The summed E-state index contributed by atoms with van der Waals surface area (Å²) in [6.45, 7) is 16.6. The van der Waals surface area contributed by atoms with Crippen LogP contribution in [0.15, 0.2) is 54.6 Å². The maximum Gasteiger partial charge on any atom is 0.214 e. The normalized spacial score (nSPS) is 12.5. The van der Waals surface area contributed by atoms with Crippen molar-refractivity contribution in [3.8, 4) is 11.3 Å². The van der Waals surface area contributed by atoms with E-state index in [2.05, 4.69) is 114 Å². The average Bonchev–Trinajstić information content (AvgIpc) is 3.12. The zero-order valence-corrected chi connectivity index (χ0v) is 23.7. The minimum absolute atomic E-state index is 0.664. The molecule has 3 heteroatoms. The first-order valence-corrected chi connectivity index (χ1v) is 16.8. The fourth-order valence-corrected chi connectivity index (χ4v) is 8.26. The van der Waals surface area contributed by atoms with Gasteiger partial charge in [0.05, 0.1) is 13.6 Å². The van der Waals surface area contributed by atoms with Crippen molar-refractivity contribution < 1.29 is 4.57 Å². The fourth-order valence-electron chi connectivity index (χ4n) is 5.39. The molecule has 2 aromatic heterocycles. The van der Waals surface area contributed by atoms with Crippen LogP contribution in [0.5, 0.6) is 0 Å². The third kappa shape index (κ3) is 3.79. The summed E-state index contributed by atoms with van der Waals surface area (Å²) in [6, 6.07) is 21.0. The van der Waals surface area contributed by atoms with Crippen molar-refractivity contribution in [2.45, 2.75) is 53.8 Å². The molecule has 0 radical (unpaired) electrons. The second-order valence-electron chi connectivity index (χ2n) is 11.4. The van der Waals surface area contributed by atoms with Crippen molar-refractivity contribution in [3.05, 3.63) is 71.3 Å². The number of aryl methyl sites for hydroxylation is 2. The third-order valence-corrected chi connectivity index (χ3v) is 10.5. The second-order valence-corrected chi connectivity index (χ2v) is 17.5. The van der Waals surface area contributed by atoms with Gasteiger partial charge in [0.15, 0.2) is 0 Å². The zero-order chi connectivity index (χ0) is 24.4. The van der Waals surface area contributed by atoms with Gasteiger partial charge in [0.2, 0.25) is 11.2 Å². The molecule has 0 unspecified atom stereocenters. The Labute approximate surface area is 209 Å². The topological polar surface area (TPSA) is 3.88 Å². The highest BCUT2D eigenvalue weighted by Crippen LogP contribution is 2.42. The van der Waals surface area contributed by atoms with Crippen LogP contribution in [-0.4, -0.2) is 8.07 Å². The first-order valence-electron chi connectivity index (χ1n) is 12.4. The van der Waals surface area contributed by atoms with Crippen molar-refractivity contribution >= 4 is 55.7 Å². The number of fused-ring (bicyclic) bond motifs is 4. The Kier molecular flexibility index (Phi) is 5.69. The lowest BCUT2D eigenvalue weighted by atomic mass is 9.95. The van der Waals surface area contributed by atoms with Crippen molar-refractivity contribution in [2.75, 3.05) is 0 Å². The molecule has 0 saturated heterocycles. The van der Waals surface area contributed by atoms with Gasteiger partial charge in [-0.1, -0.05) is 57.8 Å². The maximum atomic E-state index is 2.54. The van der Waals surface area contributed by atoms with E-state index in [1.54, 1.807) is 5.19 Å². The van der Waals surface area contributed by atoms with Gasteiger partial charge in [-0.3, -0.25) is 0 Å². The molecule has 3 aromatic carbocycles. The molecular weight excluding hydrogens is 447 g/mol. The van der Waals surface area contributed by atoms with Crippen molar-refractivity contribution in [2.24, 2.45) is 13.0 Å². The number of nitrogens with zero attached hydrogens (tertiary/aromatic N) is 1. The Hall–Kier alpha value is -2.49. The lowest BCUT2D eigenvalue weighted by molar-refractivity contribution is -0.633. The molecule has 0 amide bonds. The van der Waals surface area contributed by atoms with E-state index in [4.69, 9.17) is 0 Å². The molecule has 0 aliphatic carbocycles. The first-order chi connectivity index (χ1) is 16.1. The van der Waals surface area contributed by atoms with E-state index in [0.717, 1.165) is 6.42 Å². The van der Waals surface area contributed by atoms with Gasteiger partial charge in [-0.25, -0.2) is 0 Å². The molecule has 0 fully saturated rings. The first kappa shape index (κ1) is 23.3. The van der Waals surface area contributed by atoms with E-state index in [0.29, 0.717) is 5.92 Å². The van der Waals surface area contributed by atoms with Gasteiger partial charge >= 0.3 is 0 Å². The van der Waals surface area contributed by atoms with Crippen LogP contribution in [-0.2, 0) is 13.5 Å². The molecule has 0 bridgehead atoms. The molecule has 0 spiro atoms. The van der Waals surface area contributed by atoms with Crippen LogP contribution in [0.3, 0.4) is 0 Å². The number of thiophene rings is 1. The molecule has 0 atom stereocenters. The minimum Gasteiger partial charge on any atom is -0.194 e. The monoisotopic (exact) mass is 482 g/mol. The molecule has 5 rings (SSSR count). The van der Waals surface area contributed by atoms with Crippen LogP contribution in [0.25, 0.3) is 42.3 Å². The number of hydrogen-bond donors (Lipinski definition) is 0. The molecule has 5 aromatic rings. The van der Waals surface area contributed by atoms with E-state index in [1.807, 2.05) is 11.3 Å². The molecule has 174 valence electrons. The lowest BCUT2D eigenvalue weighted by Gasteiger charge is -2.21. The molecule has 0 saturated carbocycles. The quantitative estimate of drug-likeness (QED) is 0.180. The average molecular weight is 483 g/mol. The highest BCUT2D eigenvalue weighted by atomic mass is 32.1. The van der Waals surface area contributed by atoms with Gasteiger partial charge in [-0.15, -0.1) is 11.3 Å². The summed E-state index contributed by atoms with van der Waals surface area (Å²) in [7, 11) is 0.671. The number of hydrogen-bond acceptors (Lipinski definition) is 1. The highest BCUT2D eigenvalue weighted by molar-refractivity contribution is 7.26. The van der Waals surface area contributed by atoms with E-state index in [9.17, 15) is 0 Å². The number of aromatic nitrogens is 1. The van der Waals surface area contributed by atoms with Crippen LogP contribution < -0.4 is 9.75 Å². The molecule has 2 heterocycles. The van der Waals surface area contributed by atoms with Crippen molar-refractivity contribution in [1.82, 2.24) is 0 Å². The summed E-state index contributed by atoms with van der Waals surface area (Å²) in [4.78, 5) is 0. The van der Waals surface area contributed by atoms with Gasteiger partial charge in [0, 0.05) is 37.7 Å². The predicted octanol–water partition coefficient (Wildman–Crippen LogP) is 8.06. The van der Waals surface area contributed by atoms with Crippen LogP contribution in [0, 0.1) is 19.8 Å². The Balaban J connectivity index is 1.90. The maximum absolute atomic E-state index is 2.54. The molecular formula is C31H36NSSi+. The van der Waals surface area contributed by atoms with Gasteiger partial charge in [-0.2, -0.15) is 4.57 Å².